The molecule has 1 aliphatic heterocycles. The highest BCUT2D eigenvalue weighted by molar-refractivity contribution is 7.15. The van der Waals surface area contributed by atoms with Crippen LogP contribution in [0.1, 0.15) is 56.5 Å². The van der Waals surface area contributed by atoms with E-state index in [0.29, 0.717) is 17.4 Å². The molecule has 1 spiro atoms. The van der Waals surface area contributed by atoms with E-state index in [-0.39, 0.29) is 5.91 Å². The summed E-state index contributed by atoms with van der Waals surface area (Å²) in [6, 6.07) is 2.53. The molecule has 140 valence electrons. The van der Waals surface area contributed by atoms with Gasteiger partial charge >= 0.3 is 0 Å². The van der Waals surface area contributed by atoms with Gasteiger partial charge in [-0.25, -0.2) is 0 Å². The van der Waals surface area contributed by atoms with Gasteiger partial charge in [-0.15, -0.1) is 10.2 Å². The van der Waals surface area contributed by atoms with Crippen molar-refractivity contribution >= 4 is 33.7 Å². The van der Waals surface area contributed by atoms with E-state index in [1.165, 1.54) is 5.56 Å². The van der Waals surface area contributed by atoms with Crippen molar-refractivity contribution in [1.29, 1.82) is 0 Å². The van der Waals surface area contributed by atoms with Crippen LogP contribution in [0.5, 0.6) is 0 Å². The molecule has 3 heterocycles. The van der Waals surface area contributed by atoms with Crippen LogP contribution in [0.25, 0.3) is 0 Å². The molecule has 0 radical (unpaired) electrons. The normalized spacial score (nSPS) is 21.4. The number of carbonyl (C=O) groups is 1. The molecule has 1 amide bonds. The maximum absolute atomic E-state index is 12.2. The number of aromatic nitrogens is 2. The number of piperidine rings is 1. The Labute approximate surface area is 163 Å². The fourth-order valence-electron chi connectivity index (χ4n) is 4.06. The lowest BCUT2D eigenvalue weighted by molar-refractivity contribution is -0.130. The molecule has 2 aromatic heterocycles. The molecule has 2 aliphatic rings. The molecule has 5 nitrogen and oxygen atoms in total. The van der Waals surface area contributed by atoms with Gasteiger partial charge in [0.05, 0.1) is 0 Å². The molecule has 26 heavy (non-hydrogen) atoms. The van der Waals surface area contributed by atoms with Gasteiger partial charge in [0.15, 0.2) is 0 Å². The minimum atomic E-state index is 0.200. The third-order valence-electron chi connectivity index (χ3n) is 5.81. The maximum Gasteiger partial charge on any atom is 0.220 e. The summed E-state index contributed by atoms with van der Waals surface area (Å²) >= 11 is 3.42. The van der Waals surface area contributed by atoms with Crippen LogP contribution in [0.15, 0.2) is 16.8 Å². The molecule has 1 aliphatic carbocycles. The van der Waals surface area contributed by atoms with E-state index >= 15 is 0 Å². The molecule has 7 heteroatoms. The van der Waals surface area contributed by atoms with Crippen molar-refractivity contribution in [3.05, 3.63) is 27.4 Å². The Balaban J connectivity index is 1.38. The second kappa shape index (κ2) is 6.93. The first-order valence-electron chi connectivity index (χ1n) is 9.35. The highest BCUT2D eigenvalue weighted by Gasteiger charge is 2.58. The first kappa shape index (κ1) is 17.9. The average molecular weight is 391 g/mol. The molecule has 2 aromatic rings. The molecule has 0 N–H and O–H groups in total. The van der Waals surface area contributed by atoms with Crippen molar-refractivity contribution in [2.75, 3.05) is 18.0 Å². The van der Waals surface area contributed by atoms with Gasteiger partial charge in [-0.1, -0.05) is 25.2 Å². The molecule has 0 bridgehead atoms. The monoisotopic (exact) mass is 390 g/mol. The summed E-state index contributed by atoms with van der Waals surface area (Å²) in [7, 11) is 0. The number of amides is 1. The van der Waals surface area contributed by atoms with Gasteiger partial charge in [-0.3, -0.25) is 4.79 Å². The summed E-state index contributed by atoms with van der Waals surface area (Å²) in [6.07, 6.45) is 3.43. The summed E-state index contributed by atoms with van der Waals surface area (Å²) in [6.45, 7) is 8.83. The number of carbonyl (C=O) groups excluding carboxylic acids is 1. The van der Waals surface area contributed by atoms with E-state index in [1.807, 2.05) is 0 Å². The first-order chi connectivity index (χ1) is 12.5. The van der Waals surface area contributed by atoms with Crippen LogP contribution in [-0.2, 0) is 11.3 Å². The SMILES string of the molecule is CC(=O)N(Cc1ccsc1)C1CC12CCN(c1nnc(C(C)C)s1)CC2. The molecular weight excluding hydrogens is 364 g/mol. The molecule has 1 atom stereocenters. The third kappa shape index (κ3) is 3.39. The van der Waals surface area contributed by atoms with Gasteiger partial charge in [-0.2, -0.15) is 11.3 Å². The maximum atomic E-state index is 12.2. The van der Waals surface area contributed by atoms with Gasteiger partial charge in [0.1, 0.15) is 5.01 Å². The summed E-state index contributed by atoms with van der Waals surface area (Å²) in [5, 5.41) is 15.1. The van der Waals surface area contributed by atoms with Crippen molar-refractivity contribution in [1.82, 2.24) is 15.1 Å². The van der Waals surface area contributed by atoms with Crippen LogP contribution >= 0.6 is 22.7 Å². The lowest BCUT2D eigenvalue weighted by atomic mass is 9.92. The second-order valence-electron chi connectivity index (χ2n) is 7.93. The molecule has 1 saturated carbocycles. The van der Waals surface area contributed by atoms with Crippen LogP contribution in [0.4, 0.5) is 5.13 Å². The Kier molecular flexibility index (Phi) is 4.77. The number of hydrogen-bond acceptors (Lipinski definition) is 6. The lowest BCUT2D eigenvalue weighted by Gasteiger charge is -2.34. The highest BCUT2D eigenvalue weighted by atomic mass is 32.1. The van der Waals surface area contributed by atoms with E-state index < -0.39 is 0 Å². The minimum Gasteiger partial charge on any atom is -0.347 e. The topological polar surface area (TPSA) is 49.3 Å². The number of nitrogens with zero attached hydrogens (tertiary/aromatic N) is 4. The lowest BCUT2D eigenvalue weighted by Crippen LogP contribution is -2.40. The molecule has 1 unspecified atom stereocenters. The summed E-state index contributed by atoms with van der Waals surface area (Å²) in [5.74, 6) is 0.637. The van der Waals surface area contributed by atoms with Crippen LogP contribution in [0.3, 0.4) is 0 Å². The van der Waals surface area contributed by atoms with Gasteiger partial charge in [-0.05, 0) is 47.1 Å². The van der Waals surface area contributed by atoms with E-state index in [9.17, 15) is 4.79 Å². The Morgan fingerprint density at radius 3 is 2.73 bits per heavy atom. The fraction of sp³-hybridized carbons (Fsp3) is 0.632. The fourth-order valence-corrected chi connectivity index (χ4v) is 5.61. The number of anilines is 1. The summed E-state index contributed by atoms with van der Waals surface area (Å²) < 4.78 is 0. The van der Waals surface area contributed by atoms with Crippen molar-refractivity contribution in [3.8, 4) is 0 Å². The molecular formula is C19H26N4OS2. The zero-order chi connectivity index (χ0) is 18.3. The quantitative estimate of drug-likeness (QED) is 0.770. The number of thiophene rings is 1. The van der Waals surface area contributed by atoms with E-state index in [1.54, 1.807) is 29.6 Å². The van der Waals surface area contributed by atoms with Gasteiger partial charge in [0.2, 0.25) is 11.0 Å². The smallest absolute Gasteiger partial charge is 0.220 e. The van der Waals surface area contributed by atoms with Crippen molar-refractivity contribution in [3.63, 3.8) is 0 Å². The number of hydrogen-bond donors (Lipinski definition) is 0. The average Bonchev–Trinajstić information content (AvgIpc) is 3.04. The Bertz CT molecular complexity index is 762. The second-order valence-corrected chi connectivity index (χ2v) is 9.69. The largest absolute Gasteiger partial charge is 0.347 e. The zero-order valence-corrected chi connectivity index (χ0v) is 17.3. The minimum absolute atomic E-state index is 0.200. The standard InChI is InChI=1S/C19H26N4OS2/c1-13(2)17-20-21-18(26-17)22-7-5-19(6-8-22)10-16(19)23(14(3)24)11-15-4-9-25-12-15/h4,9,12-13,16H,5-8,10-11H2,1-3H3. The van der Waals surface area contributed by atoms with Crippen LogP contribution in [-0.4, -0.2) is 40.1 Å². The van der Waals surface area contributed by atoms with Crippen LogP contribution < -0.4 is 4.90 Å². The highest BCUT2D eigenvalue weighted by Crippen LogP contribution is 2.57. The number of rotatable bonds is 5. The molecule has 2 fully saturated rings. The van der Waals surface area contributed by atoms with Crippen molar-refractivity contribution in [2.24, 2.45) is 5.41 Å². The van der Waals surface area contributed by atoms with Gasteiger partial charge in [0.25, 0.3) is 0 Å². The van der Waals surface area contributed by atoms with Crippen molar-refractivity contribution in [2.45, 2.75) is 58.5 Å². The summed E-state index contributed by atoms with van der Waals surface area (Å²) in [5.41, 5.74) is 1.57. The van der Waals surface area contributed by atoms with Crippen LogP contribution in [0, 0.1) is 5.41 Å². The Hall–Kier alpha value is -1.47. The molecule has 4 rings (SSSR count). The Morgan fingerprint density at radius 2 is 2.15 bits per heavy atom. The predicted octanol–water partition coefficient (Wildman–Crippen LogP) is 4.13. The van der Waals surface area contributed by atoms with E-state index in [4.69, 9.17) is 0 Å². The third-order valence-corrected chi connectivity index (χ3v) is 7.83. The van der Waals surface area contributed by atoms with Gasteiger partial charge in [0, 0.05) is 38.5 Å². The van der Waals surface area contributed by atoms with Gasteiger partial charge < -0.3 is 9.80 Å². The van der Waals surface area contributed by atoms with Crippen molar-refractivity contribution < 1.29 is 4.79 Å². The molecule has 1 saturated heterocycles. The molecule has 0 aromatic carbocycles. The zero-order valence-electron chi connectivity index (χ0n) is 15.6. The van der Waals surface area contributed by atoms with Crippen LogP contribution in [0.2, 0.25) is 0 Å². The van der Waals surface area contributed by atoms with E-state index in [2.05, 4.69) is 50.7 Å². The summed E-state index contributed by atoms with van der Waals surface area (Å²) in [4.78, 5) is 16.7. The first-order valence-corrected chi connectivity index (χ1v) is 11.1. The predicted molar refractivity (Wildman–Crippen MR) is 107 cm³/mol. The van der Waals surface area contributed by atoms with E-state index in [0.717, 1.165) is 49.0 Å². The Morgan fingerprint density at radius 1 is 1.38 bits per heavy atom.